The van der Waals surface area contributed by atoms with Crippen molar-refractivity contribution in [3.05, 3.63) is 77.6 Å². The lowest BCUT2D eigenvalue weighted by Gasteiger charge is -2.39. The van der Waals surface area contributed by atoms with Gasteiger partial charge in [-0.1, -0.05) is 19.1 Å². The number of H-pyrrole nitrogens is 1. The summed E-state index contributed by atoms with van der Waals surface area (Å²) in [5.41, 5.74) is 0.902. The van der Waals surface area contributed by atoms with Gasteiger partial charge in [-0.15, -0.1) is 0 Å². The number of piperazine rings is 1. The quantitative estimate of drug-likeness (QED) is 0.141. The van der Waals surface area contributed by atoms with E-state index in [0.29, 0.717) is 29.1 Å². The molecular weight excluding hydrogens is 760 g/mol. The molecule has 3 saturated heterocycles. The number of aromatic amines is 1. The van der Waals surface area contributed by atoms with E-state index >= 15 is 8.78 Å². The molecule has 2 N–H and O–H groups in total. The van der Waals surface area contributed by atoms with Crippen molar-refractivity contribution in [2.45, 2.75) is 52.3 Å². The number of nitrogens with zero attached hydrogens (tertiary/aromatic N) is 5. The predicted octanol–water partition coefficient (Wildman–Crippen LogP) is 5.86. The molecule has 3 aliphatic heterocycles. The Kier molecular flexibility index (Phi) is 11.7. The summed E-state index contributed by atoms with van der Waals surface area (Å²) in [6.45, 7) is 13.6. The van der Waals surface area contributed by atoms with Crippen molar-refractivity contribution in [1.82, 2.24) is 24.1 Å². The monoisotopic (exact) mass is 809 g/mol. The van der Waals surface area contributed by atoms with Gasteiger partial charge in [0.1, 0.15) is 23.2 Å². The minimum Gasteiger partial charge on any atom is -0.459 e. The summed E-state index contributed by atoms with van der Waals surface area (Å²) in [5.74, 6) is -3.63. The number of likely N-dealkylation sites (tertiary alicyclic amines) is 1. The van der Waals surface area contributed by atoms with Gasteiger partial charge in [0.15, 0.2) is 5.82 Å². The lowest BCUT2D eigenvalue weighted by Crippen LogP contribution is -2.49. The molecule has 3 fully saturated rings. The Labute approximate surface area is 331 Å². The molecule has 3 aliphatic rings. The average Bonchev–Trinajstić information content (AvgIpc) is 3.75. The first-order valence-electron chi connectivity index (χ1n) is 19.5. The van der Waals surface area contributed by atoms with Crippen LogP contribution in [0, 0.1) is 23.5 Å². The zero-order chi connectivity index (χ0) is 40.6. The number of ether oxygens (including phenoxy) is 1. The standard InChI is InChI=1S/C41H50F3N7O5S/c1-26-22-51(24-34(26)43)57(54,55)47-35-10-9-33(42)37(38(35)44)39(53)32-21-46-40-31(32)19-29(20-45-40)28-5-7-30(8-6-28)50-17-15-49(16-18-50)23-27-11-13-48(14-12-27)25-36(52)56-41(2,3)4/h5-10,19-21,26-27,34,47H,11-18,22-25H2,1-4H3,(H,45,46)/t26-,34-/m0/s1. The Hall–Kier alpha value is -4.51. The molecular formula is C41H50F3N7O5S. The van der Waals surface area contributed by atoms with Crippen molar-refractivity contribution in [1.29, 1.82) is 0 Å². The molecule has 0 aliphatic carbocycles. The fourth-order valence-electron chi connectivity index (χ4n) is 7.91. The van der Waals surface area contributed by atoms with Crippen molar-refractivity contribution >= 4 is 44.4 Å². The van der Waals surface area contributed by atoms with Crippen LogP contribution < -0.4 is 9.62 Å². The second-order valence-corrected chi connectivity index (χ2v) is 18.2. The van der Waals surface area contributed by atoms with Crippen LogP contribution in [0.4, 0.5) is 24.5 Å². The van der Waals surface area contributed by atoms with Gasteiger partial charge in [0.25, 0.3) is 0 Å². The minimum absolute atomic E-state index is 0.0355. The number of carbonyl (C=O) groups is 2. The molecule has 0 amide bonds. The number of halogens is 3. The number of pyridine rings is 1. The maximum Gasteiger partial charge on any atom is 0.320 e. The Balaban J connectivity index is 0.967. The van der Waals surface area contributed by atoms with Crippen LogP contribution in [0.15, 0.2) is 54.9 Å². The highest BCUT2D eigenvalue weighted by atomic mass is 32.2. The van der Waals surface area contributed by atoms with E-state index in [9.17, 15) is 22.4 Å². The van der Waals surface area contributed by atoms with Gasteiger partial charge in [0.2, 0.25) is 5.78 Å². The van der Waals surface area contributed by atoms with Gasteiger partial charge in [-0.25, -0.2) is 18.2 Å². The summed E-state index contributed by atoms with van der Waals surface area (Å²) in [6.07, 6.45) is 3.74. The average molecular weight is 810 g/mol. The van der Waals surface area contributed by atoms with Crippen molar-refractivity contribution in [3.63, 3.8) is 0 Å². The normalized spacial score (nSPS) is 20.6. The van der Waals surface area contributed by atoms with Gasteiger partial charge in [-0.3, -0.25) is 24.1 Å². The molecule has 12 nitrogen and oxygen atoms in total. The van der Waals surface area contributed by atoms with Gasteiger partial charge in [-0.05, 0) is 88.5 Å². The first-order chi connectivity index (χ1) is 27.0. The lowest BCUT2D eigenvalue weighted by atomic mass is 9.96. The highest BCUT2D eigenvalue weighted by molar-refractivity contribution is 7.90. The molecule has 0 saturated carbocycles. The van der Waals surface area contributed by atoms with Crippen LogP contribution in [-0.2, 0) is 19.7 Å². The van der Waals surface area contributed by atoms with Gasteiger partial charge >= 0.3 is 16.2 Å². The number of alkyl halides is 1. The van der Waals surface area contributed by atoms with Crippen LogP contribution in [-0.4, -0.2) is 121 Å². The first kappa shape index (κ1) is 40.7. The molecule has 57 heavy (non-hydrogen) atoms. The van der Waals surface area contributed by atoms with E-state index in [2.05, 4.69) is 29.4 Å². The molecule has 16 heteroatoms. The predicted molar refractivity (Wildman–Crippen MR) is 213 cm³/mol. The van der Waals surface area contributed by atoms with Gasteiger partial charge in [-0.2, -0.15) is 12.7 Å². The van der Waals surface area contributed by atoms with E-state index in [1.54, 1.807) is 19.2 Å². The molecule has 7 rings (SSSR count). The molecule has 4 aromatic rings. The van der Waals surface area contributed by atoms with Crippen LogP contribution in [0.2, 0.25) is 0 Å². The zero-order valence-electron chi connectivity index (χ0n) is 32.7. The maximum atomic E-state index is 15.8. The molecule has 2 aromatic carbocycles. The maximum absolute atomic E-state index is 15.8. The number of anilines is 2. The number of fused-ring (bicyclic) bond motifs is 1. The third kappa shape index (κ3) is 9.29. The second-order valence-electron chi connectivity index (χ2n) is 16.5. The summed E-state index contributed by atoms with van der Waals surface area (Å²) < 4.78 is 79.2. The van der Waals surface area contributed by atoms with Crippen molar-refractivity contribution < 1.29 is 35.9 Å². The summed E-state index contributed by atoms with van der Waals surface area (Å²) in [5, 5.41) is 0.344. The smallest absolute Gasteiger partial charge is 0.320 e. The van der Waals surface area contributed by atoms with E-state index in [4.69, 9.17) is 4.74 Å². The Morgan fingerprint density at radius 3 is 2.30 bits per heavy atom. The van der Waals surface area contributed by atoms with Crippen LogP contribution in [0.25, 0.3) is 22.2 Å². The number of aromatic nitrogens is 2. The molecule has 0 bridgehead atoms. The van der Waals surface area contributed by atoms with Crippen molar-refractivity contribution in [3.8, 4) is 11.1 Å². The van der Waals surface area contributed by atoms with Crippen LogP contribution in [0.1, 0.15) is 56.5 Å². The Morgan fingerprint density at radius 2 is 1.65 bits per heavy atom. The van der Waals surface area contributed by atoms with Gasteiger partial charge in [0.05, 0.1) is 17.8 Å². The number of nitrogens with one attached hydrogen (secondary N) is 2. The van der Waals surface area contributed by atoms with Gasteiger partial charge < -0.3 is 14.6 Å². The number of hydrogen-bond donors (Lipinski definition) is 2. The molecule has 2 aromatic heterocycles. The lowest BCUT2D eigenvalue weighted by molar-refractivity contribution is -0.156. The van der Waals surface area contributed by atoms with Crippen LogP contribution >= 0.6 is 0 Å². The fourth-order valence-corrected chi connectivity index (χ4v) is 9.24. The van der Waals surface area contributed by atoms with Gasteiger partial charge in [0, 0.05) is 86.3 Å². The molecule has 2 atom stereocenters. The van der Waals surface area contributed by atoms with Crippen LogP contribution in [0.5, 0.6) is 0 Å². The van der Waals surface area contributed by atoms with E-state index in [0.717, 1.165) is 86.3 Å². The fraction of sp³-hybridized carbons (Fsp3) is 0.488. The van der Waals surface area contributed by atoms with E-state index in [1.807, 2.05) is 45.0 Å². The molecule has 0 unspecified atom stereocenters. The number of carbonyl (C=O) groups excluding carboxylic acids is 2. The molecule has 306 valence electrons. The summed E-state index contributed by atoms with van der Waals surface area (Å²) in [4.78, 5) is 40.4. The largest absolute Gasteiger partial charge is 0.459 e. The number of hydrogen-bond acceptors (Lipinski definition) is 9. The van der Waals surface area contributed by atoms with E-state index in [1.165, 1.54) is 6.20 Å². The number of ketones is 1. The van der Waals surface area contributed by atoms with Crippen molar-refractivity contribution in [2.75, 3.05) is 75.1 Å². The highest BCUT2D eigenvalue weighted by Crippen LogP contribution is 2.32. The minimum atomic E-state index is -4.37. The summed E-state index contributed by atoms with van der Waals surface area (Å²) in [6, 6.07) is 11.5. The van der Waals surface area contributed by atoms with Crippen LogP contribution in [0.3, 0.4) is 0 Å². The zero-order valence-corrected chi connectivity index (χ0v) is 33.5. The number of piperidine rings is 1. The first-order valence-corrected chi connectivity index (χ1v) is 20.9. The Bertz CT molecular complexity index is 2200. The van der Waals surface area contributed by atoms with Crippen molar-refractivity contribution in [2.24, 2.45) is 11.8 Å². The van der Waals surface area contributed by atoms with E-state index in [-0.39, 0.29) is 18.1 Å². The summed E-state index contributed by atoms with van der Waals surface area (Å²) in [7, 11) is -4.37. The topological polar surface area (TPSA) is 131 Å². The summed E-state index contributed by atoms with van der Waals surface area (Å²) >= 11 is 0. The van der Waals surface area contributed by atoms with E-state index < -0.39 is 63.1 Å². The third-order valence-electron chi connectivity index (χ3n) is 11.1. The molecule has 0 radical (unpaired) electrons. The molecule has 0 spiro atoms. The SMILES string of the molecule is C[C@H]1CN(S(=O)(=O)Nc2ccc(F)c(C(=O)c3c[nH]c4ncc(-c5ccc(N6CCN(CC7CCN(CC(=O)OC(C)(C)C)CC7)CC6)cc5)cc34)c2F)C[C@@H]1F. The molecule has 5 heterocycles. The number of rotatable bonds is 11. The third-order valence-corrected chi connectivity index (χ3v) is 12.6. The highest BCUT2D eigenvalue weighted by Gasteiger charge is 2.37. The second kappa shape index (κ2) is 16.4. The number of esters is 1. The number of benzene rings is 2. The Morgan fingerprint density at radius 1 is 0.947 bits per heavy atom.